The zero-order chi connectivity index (χ0) is 25.8. The Hall–Kier alpha value is -4.04. The van der Waals surface area contributed by atoms with E-state index in [1.807, 2.05) is 65.6 Å². The van der Waals surface area contributed by atoms with E-state index in [9.17, 15) is 4.79 Å². The van der Waals surface area contributed by atoms with Crippen LogP contribution in [0.5, 0.6) is 17.2 Å². The molecule has 0 aliphatic carbocycles. The van der Waals surface area contributed by atoms with Gasteiger partial charge in [0.05, 0.1) is 25.2 Å². The van der Waals surface area contributed by atoms with Gasteiger partial charge in [-0.3, -0.25) is 4.79 Å². The fraction of sp³-hybridized carbons (Fsp3) is 0.241. The Morgan fingerprint density at radius 2 is 1.73 bits per heavy atom. The van der Waals surface area contributed by atoms with Gasteiger partial charge < -0.3 is 29.4 Å². The predicted octanol–water partition coefficient (Wildman–Crippen LogP) is 4.95. The van der Waals surface area contributed by atoms with Crippen LogP contribution in [-0.4, -0.2) is 35.3 Å². The molecule has 4 aromatic rings. The number of fused-ring (bicyclic) bond motifs is 2. The maximum Gasteiger partial charge on any atom is 0.253 e. The van der Waals surface area contributed by atoms with Crippen molar-refractivity contribution in [3.8, 4) is 17.2 Å². The van der Waals surface area contributed by atoms with Crippen LogP contribution in [0.1, 0.15) is 29.7 Å². The van der Waals surface area contributed by atoms with Crippen LogP contribution in [0.3, 0.4) is 0 Å². The number of hydrogen-bond acceptors (Lipinski definition) is 5. The molecule has 1 atom stereocenters. The van der Waals surface area contributed by atoms with Crippen LogP contribution < -0.4 is 25.1 Å². The van der Waals surface area contributed by atoms with Crippen molar-refractivity contribution in [3.63, 3.8) is 0 Å². The molecule has 0 saturated carbocycles. The van der Waals surface area contributed by atoms with Gasteiger partial charge in [0, 0.05) is 23.6 Å². The summed E-state index contributed by atoms with van der Waals surface area (Å²) < 4.78 is 16.7. The molecular formula is C29H29N3O4S. The number of methoxy groups -OCH3 is 1. The van der Waals surface area contributed by atoms with Crippen LogP contribution in [0, 0.1) is 0 Å². The molecule has 5 rings (SSSR count). The maximum absolute atomic E-state index is 13.1. The zero-order valence-electron chi connectivity index (χ0n) is 20.8. The number of ether oxygens (including phenoxy) is 3. The van der Waals surface area contributed by atoms with Crippen molar-refractivity contribution >= 4 is 28.2 Å². The number of benzene rings is 3. The van der Waals surface area contributed by atoms with Gasteiger partial charge in [0.2, 0.25) is 0 Å². The second kappa shape index (κ2) is 10.9. The fourth-order valence-electron chi connectivity index (χ4n) is 4.36. The number of aromatic nitrogens is 1. The summed E-state index contributed by atoms with van der Waals surface area (Å²) in [6.07, 6.45) is 0. The number of hydrogen-bond donors (Lipinski definition) is 2. The summed E-state index contributed by atoms with van der Waals surface area (Å²) in [7, 11) is 1.64. The van der Waals surface area contributed by atoms with E-state index in [1.165, 1.54) is 0 Å². The molecule has 0 fully saturated rings. The molecule has 3 aromatic carbocycles. The predicted molar refractivity (Wildman–Crippen MR) is 148 cm³/mol. The lowest BCUT2D eigenvalue weighted by atomic mass is 10.1. The van der Waals surface area contributed by atoms with Crippen molar-refractivity contribution < 1.29 is 14.2 Å². The molecule has 0 radical (unpaired) electrons. The molecule has 37 heavy (non-hydrogen) atoms. The van der Waals surface area contributed by atoms with Gasteiger partial charge >= 0.3 is 0 Å². The fourth-order valence-corrected chi connectivity index (χ4v) is 4.67. The van der Waals surface area contributed by atoms with Gasteiger partial charge in [-0.2, -0.15) is 0 Å². The van der Waals surface area contributed by atoms with E-state index in [4.69, 9.17) is 26.4 Å². The minimum absolute atomic E-state index is 0.00521. The lowest BCUT2D eigenvalue weighted by molar-refractivity contribution is 0.172. The van der Waals surface area contributed by atoms with Crippen molar-refractivity contribution in [2.75, 3.05) is 20.3 Å². The average molecular weight is 516 g/mol. The Bertz CT molecular complexity index is 1450. The molecule has 8 heteroatoms. The molecule has 1 aromatic heterocycles. The SMILES string of the molecule is COc1ccc(CN(Cc2cc3cc4c(cc3[nH]c2=O)OCCO4)C(=S)NC(C)c2ccccc2)cc1. The van der Waals surface area contributed by atoms with Crippen LogP contribution in [0.2, 0.25) is 0 Å². The summed E-state index contributed by atoms with van der Waals surface area (Å²) in [4.78, 5) is 18.1. The third-order valence-electron chi connectivity index (χ3n) is 6.40. The van der Waals surface area contributed by atoms with Crippen molar-refractivity contribution in [1.82, 2.24) is 15.2 Å². The summed E-state index contributed by atoms with van der Waals surface area (Å²) in [6.45, 7) is 3.92. The highest BCUT2D eigenvalue weighted by Crippen LogP contribution is 2.33. The molecule has 2 N–H and O–H groups in total. The van der Waals surface area contributed by atoms with E-state index in [0.29, 0.717) is 54.0 Å². The third-order valence-corrected chi connectivity index (χ3v) is 6.78. The largest absolute Gasteiger partial charge is 0.497 e. The van der Waals surface area contributed by atoms with Crippen molar-refractivity contribution in [2.45, 2.75) is 26.1 Å². The minimum Gasteiger partial charge on any atom is -0.497 e. The Balaban J connectivity index is 1.44. The second-order valence-corrected chi connectivity index (χ2v) is 9.38. The number of aromatic amines is 1. The van der Waals surface area contributed by atoms with E-state index in [1.54, 1.807) is 7.11 Å². The minimum atomic E-state index is -0.164. The maximum atomic E-state index is 13.1. The lowest BCUT2D eigenvalue weighted by Crippen LogP contribution is -2.41. The number of pyridine rings is 1. The molecule has 0 amide bonds. The Morgan fingerprint density at radius 3 is 2.43 bits per heavy atom. The Morgan fingerprint density at radius 1 is 1.03 bits per heavy atom. The van der Waals surface area contributed by atoms with Crippen LogP contribution in [-0.2, 0) is 13.1 Å². The average Bonchev–Trinajstić information content (AvgIpc) is 2.92. The van der Waals surface area contributed by atoms with E-state index in [-0.39, 0.29) is 11.6 Å². The van der Waals surface area contributed by atoms with Crippen molar-refractivity contribution in [1.29, 1.82) is 0 Å². The second-order valence-electron chi connectivity index (χ2n) is 8.99. The van der Waals surface area contributed by atoms with Gasteiger partial charge in [-0.25, -0.2) is 0 Å². The highest BCUT2D eigenvalue weighted by Gasteiger charge is 2.18. The van der Waals surface area contributed by atoms with Crippen LogP contribution in [0.4, 0.5) is 0 Å². The molecule has 2 heterocycles. The number of rotatable bonds is 7. The molecular weight excluding hydrogens is 486 g/mol. The molecule has 190 valence electrons. The number of nitrogens with one attached hydrogen (secondary N) is 2. The van der Waals surface area contributed by atoms with Gasteiger partial charge in [0.15, 0.2) is 16.6 Å². The van der Waals surface area contributed by atoms with Crippen molar-refractivity contribution in [3.05, 3.63) is 99.8 Å². The van der Waals surface area contributed by atoms with E-state index in [0.717, 1.165) is 22.3 Å². The van der Waals surface area contributed by atoms with Gasteiger partial charge in [0.25, 0.3) is 5.56 Å². The first-order chi connectivity index (χ1) is 18.0. The molecule has 1 aliphatic heterocycles. The molecule has 0 bridgehead atoms. The summed E-state index contributed by atoms with van der Waals surface area (Å²) >= 11 is 5.86. The highest BCUT2D eigenvalue weighted by atomic mass is 32.1. The highest BCUT2D eigenvalue weighted by molar-refractivity contribution is 7.80. The van der Waals surface area contributed by atoms with E-state index < -0.39 is 0 Å². The van der Waals surface area contributed by atoms with Crippen molar-refractivity contribution in [2.24, 2.45) is 0 Å². The third kappa shape index (κ3) is 5.70. The van der Waals surface area contributed by atoms with Gasteiger partial charge in [0.1, 0.15) is 19.0 Å². The Kier molecular flexibility index (Phi) is 7.28. The summed E-state index contributed by atoms with van der Waals surface area (Å²) in [5, 5.41) is 4.88. The normalized spacial score (nSPS) is 13.1. The van der Waals surface area contributed by atoms with Gasteiger partial charge in [-0.05, 0) is 54.5 Å². The Labute approximate surface area is 221 Å². The lowest BCUT2D eigenvalue weighted by Gasteiger charge is -2.28. The number of thiocarbonyl (C=S) groups is 1. The summed E-state index contributed by atoms with van der Waals surface area (Å²) in [5.74, 6) is 2.11. The first kappa shape index (κ1) is 24.6. The summed E-state index contributed by atoms with van der Waals surface area (Å²) in [6, 6.07) is 23.6. The molecule has 0 spiro atoms. The quantitative estimate of drug-likeness (QED) is 0.338. The monoisotopic (exact) mass is 515 g/mol. The van der Waals surface area contributed by atoms with Crippen LogP contribution in [0.15, 0.2) is 77.6 Å². The van der Waals surface area contributed by atoms with E-state index >= 15 is 0 Å². The molecule has 1 aliphatic rings. The van der Waals surface area contributed by atoms with E-state index in [2.05, 4.69) is 29.4 Å². The standard InChI is InChI=1S/C29H29N3O4S/c1-19(21-6-4-3-5-7-21)30-29(37)32(17-20-8-10-24(34-2)11-9-20)18-23-14-22-15-26-27(36-13-12-35-26)16-25(22)31-28(23)33/h3-11,14-16,19H,12-13,17-18H2,1-2H3,(H,30,37)(H,31,33). The first-order valence-electron chi connectivity index (χ1n) is 12.2. The smallest absolute Gasteiger partial charge is 0.253 e. The molecule has 1 unspecified atom stereocenters. The number of H-pyrrole nitrogens is 1. The van der Waals surface area contributed by atoms with Crippen LogP contribution >= 0.6 is 12.2 Å². The number of nitrogens with zero attached hydrogens (tertiary/aromatic N) is 1. The summed E-state index contributed by atoms with van der Waals surface area (Å²) in [5.41, 5.74) is 3.33. The molecule has 7 nitrogen and oxygen atoms in total. The van der Waals surface area contributed by atoms with Gasteiger partial charge in [-0.1, -0.05) is 42.5 Å². The topological polar surface area (TPSA) is 75.8 Å². The zero-order valence-corrected chi connectivity index (χ0v) is 21.6. The van der Waals surface area contributed by atoms with Gasteiger partial charge in [-0.15, -0.1) is 0 Å². The first-order valence-corrected chi connectivity index (χ1v) is 12.6. The molecule has 0 saturated heterocycles. The van der Waals surface area contributed by atoms with Crippen LogP contribution in [0.25, 0.3) is 10.9 Å².